The molecule has 128 valence electrons. The van der Waals surface area contributed by atoms with Crippen LogP contribution in [0.15, 0.2) is 0 Å². The molecule has 23 heavy (non-hydrogen) atoms. The molecule has 0 radical (unpaired) electrons. The molecule has 4 aliphatic carbocycles. The Bertz CT molecular complexity index is 465. The van der Waals surface area contributed by atoms with Crippen LogP contribution in [0.1, 0.15) is 44.9 Å². The summed E-state index contributed by atoms with van der Waals surface area (Å²) in [6.07, 6.45) is 8.34. The second-order valence-electron chi connectivity index (χ2n) is 8.42. The largest absolute Gasteiger partial charge is 0.348 e. The van der Waals surface area contributed by atoms with E-state index in [2.05, 4.69) is 10.6 Å². The molecule has 4 saturated carbocycles. The van der Waals surface area contributed by atoms with Crippen molar-refractivity contribution in [2.75, 3.05) is 19.8 Å². The van der Waals surface area contributed by atoms with Crippen LogP contribution < -0.4 is 10.6 Å². The Balaban J connectivity index is 1.04. The minimum Gasteiger partial charge on any atom is -0.348 e. The van der Waals surface area contributed by atoms with E-state index in [1.807, 2.05) is 0 Å². The number of rotatable bonds is 3. The molecule has 5 nitrogen and oxygen atoms in total. The number of carbonyl (C=O) groups excluding carboxylic acids is 1. The Morgan fingerprint density at radius 1 is 1.00 bits per heavy atom. The Kier molecular flexibility index (Phi) is 3.38. The van der Waals surface area contributed by atoms with E-state index >= 15 is 0 Å². The lowest BCUT2D eigenvalue weighted by atomic mass is 9.85. The first-order chi connectivity index (χ1) is 11.2. The van der Waals surface area contributed by atoms with Crippen molar-refractivity contribution in [3.63, 3.8) is 0 Å². The molecule has 1 aliphatic heterocycles. The van der Waals surface area contributed by atoms with Gasteiger partial charge in [-0.3, -0.25) is 0 Å². The van der Waals surface area contributed by atoms with Gasteiger partial charge in [0.2, 0.25) is 0 Å². The van der Waals surface area contributed by atoms with Crippen molar-refractivity contribution in [1.82, 2.24) is 10.6 Å². The summed E-state index contributed by atoms with van der Waals surface area (Å²) < 4.78 is 11.5. The molecule has 0 aromatic rings. The fraction of sp³-hybridized carbons (Fsp3) is 0.944. The predicted octanol–water partition coefficient (Wildman–Crippen LogP) is 2.26. The van der Waals surface area contributed by atoms with Gasteiger partial charge in [-0.05, 0) is 61.7 Å². The van der Waals surface area contributed by atoms with Gasteiger partial charge in [-0.15, -0.1) is 0 Å². The summed E-state index contributed by atoms with van der Waals surface area (Å²) in [4.78, 5) is 12.2. The van der Waals surface area contributed by atoms with Crippen molar-refractivity contribution in [1.29, 1.82) is 0 Å². The van der Waals surface area contributed by atoms with Crippen LogP contribution in [0.25, 0.3) is 0 Å². The van der Waals surface area contributed by atoms with E-state index in [4.69, 9.17) is 9.47 Å². The third kappa shape index (κ3) is 2.47. The third-order valence-corrected chi connectivity index (χ3v) is 7.26. The van der Waals surface area contributed by atoms with Gasteiger partial charge >= 0.3 is 6.03 Å². The molecule has 1 spiro atoms. The highest BCUT2D eigenvalue weighted by atomic mass is 16.7. The van der Waals surface area contributed by atoms with Crippen LogP contribution in [-0.4, -0.2) is 37.6 Å². The standard InChI is InChI=1S/C18H28N2O3/c21-17(20-16-14-12-1-2-13(9-12)15(14)16)19-10-11-3-5-18(6-4-11)22-7-8-23-18/h11-16H,1-10H2,(H2,19,20,21). The van der Waals surface area contributed by atoms with Crippen LogP contribution in [0.4, 0.5) is 4.79 Å². The highest BCUT2D eigenvalue weighted by molar-refractivity contribution is 5.74. The maximum absolute atomic E-state index is 12.2. The van der Waals surface area contributed by atoms with E-state index in [9.17, 15) is 4.79 Å². The van der Waals surface area contributed by atoms with Crippen molar-refractivity contribution < 1.29 is 14.3 Å². The van der Waals surface area contributed by atoms with Crippen LogP contribution in [0, 0.1) is 29.6 Å². The molecule has 0 aromatic heterocycles. The Morgan fingerprint density at radius 3 is 2.30 bits per heavy atom. The summed E-state index contributed by atoms with van der Waals surface area (Å²) in [6.45, 7) is 2.25. The molecule has 2 bridgehead atoms. The third-order valence-electron chi connectivity index (χ3n) is 7.26. The van der Waals surface area contributed by atoms with Crippen LogP contribution >= 0.6 is 0 Å². The van der Waals surface area contributed by atoms with E-state index in [-0.39, 0.29) is 11.8 Å². The van der Waals surface area contributed by atoms with Gasteiger partial charge in [-0.2, -0.15) is 0 Å². The SMILES string of the molecule is O=C(NCC1CCC2(CC1)OCCO2)NC1C2C3CCC(C3)C12. The van der Waals surface area contributed by atoms with Gasteiger partial charge in [-0.25, -0.2) is 4.79 Å². The minimum atomic E-state index is -0.288. The molecule has 4 unspecified atom stereocenters. The van der Waals surface area contributed by atoms with Crippen molar-refractivity contribution >= 4 is 6.03 Å². The van der Waals surface area contributed by atoms with Crippen LogP contribution in [0.2, 0.25) is 0 Å². The first kappa shape index (κ1) is 14.5. The van der Waals surface area contributed by atoms with Crippen LogP contribution in [0.5, 0.6) is 0 Å². The van der Waals surface area contributed by atoms with E-state index in [1.165, 1.54) is 19.3 Å². The zero-order valence-electron chi connectivity index (χ0n) is 13.8. The van der Waals surface area contributed by atoms with Crippen molar-refractivity contribution in [3.8, 4) is 0 Å². The van der Waals surface area contributed by atoms with Crippen LogP contribution in [-0.2, 0) is 9.47 Å². The zero-order chi connectivity index (χ0) is 15.4. The topological polar surface area (TPSA) is 59.6 Å². The number of carbonyl (C=O) groups is 1. The molecular formula is C18H28N2O3. The lowest BCUT2D eigenvalue weighted by Crippen LogP contribution is -2.43. The fourth-order valence-electron chi connectivity index (χ4n) is 6.07. The molecule has 2 amide bonds. The van der Waals surface area contributed by atoms with Gasteiger partial charge in [0.25, 0.3) is 0 Å². The summed E-state index contributed by atoms with van der Waals surface area (Å²) in [5.74, 6) is 3.72. The number of fused-ring (bicyclic) bond motifs is 5. The summed E-state index contributed by atoms with van der Waals surface area (Å²) in [5, 5.41) is 6.36. The first-order valence-corrected chi connectivity index (χ1v) is 9.56. The molecule has 5 fully saturated rings. The first-order valence-electron chi connectivity index (χ1n) is 9.56. The van der Waals surface area contributed by atoms with E-state index in [0.29, 0.717) is 12.0 Å². The van der Waals surface area contributed by atoms with Crippen LogP contribution in [0.3, 0.4) is 0 Å². The van der Waals surface area contributed by atoms with Gasteiger partial charge in [0, 0.05) is 25.4 Å². The van der Waals surface area contributed by atoms with Crippen molar-refractivity contribution in [2.45, 2.75) is 56.8 Å². The average molecular weight is 320 g/mol. The molecule has 1 saturated heterocycles. The molecule has 5 aliphatic rings. The quantitative estimate of drug-likeness (QED) is 0.838. The average Bonchev–Trinajstić information content (AvgIpc) is 2.95. The zero-order valence-corrected chi connectivity index (χ0v) is 13.8. The molecule has 5 rings (SSSR count). The Morgan fingerprint density at radius 2 is 1.65 bits per heavy atom. The second kappa shape index (κ2) is 5.35. The summed E-state index contributed by atoms with van der Waals surface area (Å²) >= 11 is 0. The second-order valence-corrected chi connectivity index (χ2v) is 8.42. The number of amides is 2. The Labute approximate surface area is 137 Å². The van der Waals surface area contributed by atoms with Gasteiger partial charge in [0.15, 0.2) is 5.79 Å². The smallest absolute Gasteiger partial charge is 0.315 e. The van der Waals surface area contributed by atoms with E-state index in [1.54, 1.807) is 0 Å². The van der Waals surface area contributed by atoms with Gasteiger partial charge in [-0.1, -0.05) is 0 Å². The van der Waals surface area contributed by atoms with E-state index < -0.39 is 0 Å². The maximum Gasteiger partial charge on any atom is 0.315 e. The summed E-state index contributed by atoms with van der Waals surface area (Å²) in [7, 11) is 0. The highest BCUT2D eigenvalue weighted by Gasteiger charge is 2.65. The Hall–Kier alpha value is -0.810. The lowest BCUT2D eigenvalue weighted by Gasteiger charge is -2.35. The normalized spacial score (nSPS) is 43.6. The molecule has 1 heterocycles. The molecular weight excluding hydrogens is 292 g/mol. The van der Waals surface area contributed by atoms with Crippen molar-refractivity contribution in [2.24, 2.45) is 29.6 Å². The monoisotopic (exact) mass is 320 g/mol. The summed E-state index contributed by atoms with van der Waals surface area (Å²) in [5.41, 5.74) is 0. The number of nitrogens with one attached hydrogen (secondary N) is 2. The van der Waals surface area contributed by atoms with Gasteiger partial charge in [0.1, 0.15) is 0 Å². The maximum atomic E-state index is 12.2. The molecule has 5 heteroatoms. The molecule has 4 atom stereocenters. The molecule has 2 N–H and O–H groups in total. The van der Waals surface area contributed by atoms with Crippen molar-refractivity contribution in [3.05, 3.63) is 0 Å². The fourth-order valence-corrected chi connectivity index (χ4v) is 6.07. The number of ether oxygens (including phenoxy) is 2. The molecule has 0 aromatic carbocycles. The predicted molar refractivity (Wildman–Crippen MR) is 84.7 cm³/mol. The minimum absolute atomic E-state index is 0.0532. The number of hydrogen-bond donors (Lipinski definition) is 2. The lowest BCUT2D eigenvalue weighted by molar-refractivity contribution is -0.182. The summed E-state index contributed by atoms with van der Waals surface area (Å²) in [6, 6.07) is 0.536. The van der Waals surface area contributed by atoms with Gasteiger partial charge in [0.05, 0.1) is 13.2 Å². The highest BCUT2D eigenvalue weighted by Crippen LogP contribution is 2.65. The van der Waals surface area contributed by atoms with E-state index in [0.717, 1.165) is 69.1 Å². The van der Waals surface area contributed by atoms with Gasteiger partial charge < -0.3 is 20.1 Å². The number of urea groups is 1. The number of hydrogen-bond acceptors (Lipinski definition) is 3.